The number of carbonyl (C=O) groups is 1. The van der Waals surface area contributed by atoms with Gasteiger partial charge >= 0.3 is 0 Å². The molecule has 24 heavy (non-hydrogen) atoms. The highest BCUT2D eigenvalue weighted by molar-refractivity contribution is 6.30. The molecule has 0 atom stereocenters. The number of amides is 1. The summed E-state index contributed by atoms with van der Waals surface area (Å²) in [4.78, 5) is 14.3. The first-order valence-electron chi connectivity index (χ1n) is 7.45. The van der Waals surface area contributed by atoms with E-state index in [9.17, 15) is 9.90 Å². The number of rotatable bonds is 7. The number of benzene rings is 2. The molecular formula is C18H20ClNO4. The maximum absolute atomic E-state index is 12.7. The molecule has 2 rings (SSSR count). The topological polar surface area (TPSA) is 59.0 Å². The molecular weight excluding hydrogens is 330 g/mol. The number of hydrogen-bond donors (Lipinski definition) is 1. The van der Waals surface area contributed by atoms with Gasteiger partial charge in [-0.05, 0) is 36.4 Å². The van der Waals surface area contributed by atoms with Gasteiger partial charge in [-0.15, -0.1) is 0 Å². The summed E-state index contributed by atoms with van der Waals surface area (Å²) < 4.78 is 10.6. The highest BCUT2D eigenvalue weighted by Crippen LogP contribution is 2.26. The number of hydrogen-bond acceptors (Lipinski definition) is 4. The molecule has 0 fully saturated rings. The third kappa shape index (κ3) is 4.40. The molecule has 128 valence electrons. The Morgan fingerprint density at radius 1 is 1.17 bits per heavy atom. The Morgan fingerprint density at radius 3 is 2.58 bits per heavy atom. The summed E-state index contributed by atoms with van der Waals surface area (Å²) in [5, 5.41) is 9.81. The van der Waals surface area contributed by atoms with Crippen LogP contribution in [0.25, 0.3) is 0 Å². The van der Waals surface area contributed by atoms with E-state index in [0.29, 0.717) is 22.1 Å². The van der Waals surface area contributed by atoms with Crippen molar-refractivity contribution in [2.45, 2.75) is 6.54 Å². The van der Waals surface area contributed by atoms with Crippen molar-refractivity contribution < 1.29 is 19.4 Å². The standard InChI is InChI=1S/C18H20ClNO4/c1-23-16-6-7-17(24-2)14(11-16)12-20(8-9-21)18(22)13-4-3-5-15(19)10-13/h3-7,10-11,21H,8-9,12H2,1-2H3. The zero-order chi connectivity index (χ0) is 17.5. The predicted octanol–water partition coefficient (Wildman–Crippen LogP) is 2.99. The van der Waals surface area contributed by atoms with Gasteiger partial charge in [0, 0.05) is 29.2 Å². The fourth-order valence-corrected chi connectivity index (χ4v) is 2.58. The third-order valence-electron chi connectivity index (χ3n) is 3.58. The number of aliphatic hydroxyl groups is 1. The van der Waals surface area contributed by atoms with Gasteiger partial charge in [0.25, 0.3) is 5.91 Å². The van der Waals surface area contributed by atoms with Crippen LogP contribution in [-0.4, -0.2) is 43.3 Å². The zero-order valence-electron chi connectivity index (χ0n) is 13.7. The summed E-state index contributed by atoms with van der Waals surface area (Å²) in [6, 6.07) is 12.1. The molecule has 1 N–H and O–H groups in total. The molecule has 0 aliphatic carbocycles. The van der Waals surface area contributed by atoms with Crippen molar-refractivity contribution in [1.29, 1.82) is 0 Å². The van der Waals surface area contributed by atoms with E-state index in [1.807, 2.05) is 6.07 Å². The second-order valence-electron chi connectivity index (χ2n) is 5.14. The zero-order valence-corrected chi connectivity index (χ0v) is 14.4. The Hall–Kier alpha value is -2.24. The minimum atomic E-state index is -0.212. The van der Waals surface area contributed by atoms with Gasteiger partial charge in [0.05, 0.1) is 20.8 Å². The van der Waals surface area contributed by atoms with Crippen molar-refractivity contribution in [1.82, 2.24) is 4.90 Å². The SMILES string of the molecule is COc1ccc(OC)c(CN(CCO)C(=O)c2cccc(Cl)c2)c1. The van der Waals surface area contributed by atoms with Crippen LogP contribution in [0.4, 0.5) is 0 Å². The number of aliphatic hydroxyl groups excluding tert-OH is 1. The van der Waals surface area contributed by atoms with Gasteiger partial charge < -0.3 is 19.5 Å². The Balaban J connectivity index is 2.30. The van der Waals surface area contributed by atoms with Crippen molar-refractivity contribution in [3.8, 4) is 11.5 Å². The first kappa shape index (κ1) is 18.1. The summed E-state index contributed by atoms with van der Waals surface area (Å²) in [5.74, 6) is 1.11. The molecule has 1 amide bonds. The Labute approximate surface area is 146 Å². The molecule has 0 heterocycles. The van der Waals surface area contributed by atoms with E-state index >= 15 is 0 Å². The molecule has 2 aromatic carbocycles. The smallest absolute Gasteiger partial charge is 0.254 e. The maximum atomic E-state index is 12.7. The van der Waals surface area contributed by atoms with Gasteiger partial charge in [0.2, 0.25) is 0 Å². The van der Waals surface area contributed by atoms with Gasteiger partial charge in [0.1, 0.15) is 11.5 Å². The molecule has 0 aliphatic heterocycles. The lowest BCUT2D eigenvalue weighted by Crippen LogP contribution is -2.33. The van der Waals surface area contributed by atoms with Gasteiger partial charge in [0.15, 0.2) is 0 Å². The van der Waals surface area contributed by atoms with Gasteiger partial charge in [-0.1, -0.05) is 17.7 Å². The number of methoxy groups -OCH3 is 2. The monoisotopic (exact) mass is 349 g/mol. The molecule has 0 spiro atoms. The van der Waals surface area contributed by atoms with Crippen LogP contribution in [0.3, 0.4) is 0 Å². The lowest BCUT2D eigenvalue weighted by atomic mass is 10.1. The summed E-state index contributed by atoms with van der Waals surface area (Å²) in [7, 11) is 3.15. The van der Waals surface area contributed by atoms with Crippen LogP contribution in [0, 0.1) is 0 Å². The van der Waals surface area contributed by atoms with Crippen molar-refractivity contribution in [2.75, 3.05) is 27.4 Å². The van der Waals surface area contributed by atoms with Gasteiger partial charge in [-0.3, -0.25) is 4.79 Å². The molecule has 0 aliphatic rings. The van der Waals surface area contributed by atoms with E-state index in [0.717, 1.165) is 5.56 Å². The lowest BCUT2D eigenvalue weighted by Gasteiger charge is -2.23. The van der Waals surface area contributed by atoms with E-state index in [-0.39, 0.29) is 25.6 Å². The van der Waals surface area contributed by atoms with Crippen LogP contribution in [0.2, 0.25) is 5.02 Å². The summed E-state index contributed by atoms with van der Waals surface area (Å²) in [6.07, 6.45) is 0. The molecule has 0 unspecified atom stereocenters. The van der Waals surface area contributed by atoms with Crippen LogP contribution >= 0.6 is 11.6 Å². The number of carbonyl (C=O) groups excluding carboxylic acids is 1. The summed E-state index contributed by atoms with van der Waals surface area (Å²) in [5.41, 5.74) is 1.26. The summed E-state index contributed by atoms with van der Waals surface area (Å²) in [6.45, 7) is 0.344. The van der Waals surface area contributed by atoms with Crippen molar-refractivity contribution in [3.63, 3.8) is 0 Å². The Morgan fingerprint density at radius 2 is 1.96 bits per heavy atom. The van der Waals surface area contributed by atoms with E-state index in [4.69, 9.17) is 21.1 Å². The molecule has 2 aromatic rings. The van der Waals surface area contributed by atoms with E-state index in [2.05, 4.69) is 0 Å². The maximum Gasteiger partial charge on any atom is 0.254 e. The average molecular weight is 350 g/mol. The normalized spacial score (nSPS) is 10.3. The molecule has 0 radical (unpaired) electrons. The van der Waals surface area contributed by atoms with Crippen LogP contribution in [0.5, 0.6) is 11.5 Å². The molecule has 0 aromatic heterocycles. The average Bonchev–Trinajstić information content (AvgIpc) is 2.60. The Kier molecular flexibility index (Phi) is 6.46. The molecule has 0 bridgehead atoms. The highest BCUT2D eigenvalue weighted by Gasteiger charge is 2.18. The lowest BCUT2D eigenvalue weighted by molar-refractivity contribution is 0.0706. The predicted molar refractivity (Wildman–Crippen MR) is 92.8 cm³/mol. The first-order chi connectivity index (χ1) is 11.6. The van der Waals surface area contributed by atoms with E-state index in [1.165, 1.54) is 0 Å². The number of halogens is 1. The second kappa shape index (κ2) is 8.57. The van der Waals surface area contributed by atoms with Crippen LogP contribution < -0.4 is 9.47 Å². The fraction of sp³-hybridized carbons (Fsp3) is 0.278. The number of ether oxygens (including phenoxy) is 2. The van der Waals surface area contributed by atoms with Crippen molar-refractivity contribution >= 4 is 17.5 Å². The van der Waals surface area contributed by atoms with Crippen molar-refractivity contribution in [2.24, 2.45) is 0 Å². The molecule has 0 saturated carbocycles. The molecule has 0 saturated heterocycles. The van der Waals surface area contributed by atoms with E-state index in [1.54, 1.807) is 55.5 Å². The first-order valence-corrected chi connectivity index (χ1v) is 7.83. The highest BCUT2D eigenvalue weighted by atomic mass is 35.5. The minimum absolute atomic E-state index is 0.140. The van der Waals surface area contributed by atoms with E-state index < -0.39 is 0 Å². The minimum Gasteiger partial charge on any atom is -0.497 e. The molecule has 6 heteroatoms. The largest absolute Gasteiger partial charge is 0.497 e. The fourth-order valence-electron chi connectivity index (χ4n) is 2.39. The second-order valence-corrected chi connectivity index (χ2v) is 5.57. The number of nitrogens with zero attached hydrogens (tertiary/aromatic N) is 1. The van der Waals surface area contributed by atoms with Crippen LogP contribution in [0.15, 0.2) is 42.5 Å². The quantitative estimate of drug-likeness (QED) is 0.834. The summed E-state index contributed by atoms with van der Waals surface area (Å²) >= 11 is 5.96. The third-order valence-corrected chi connectivity index (χ3v) is 3.81. The van der Waals surface area contributed by atoms with Gasteiger partial charge in [-0.25, -0.2) is 0 Å². The van der Waals surface area contributed by atoms with Crippen LogP contribution in [-0.2, 0) is 6.54 Å². The Bertz CT molecular complexity index is 705. The van der Waals surface area contributed by atoms with Crippen LogP contribution in [0.1, 0.15) is 15.9 Å². The van der Waals surface area contributed by atoms with Gasteiger partial charge in [-0.2, -0.15) is 0 Å². The molecule has 5 nitrogen and oxygen atoms in total. The van der Waals surface area contributed by atoms with Crippen molar-refractivity contribution in [3.05, 3.63) is 58.6 Å².